The van der Waals surface area contributed by atoms with Gasteiger partial charge in [-0.25, -0.2) is 13.6 Å². The third-order valence-corrected chi connectivity index (χ3v) is 2.85. The maximum atomic E-state index is 13.0. The highest BCUT2D eigenvalue weighted by Crippen LogP contribution is 2.15. The van der Waals surface area contributed by atoms with Crippen molar-refractivity contribution >= 4 is 26.2 Å². The van der Waals surface area contributed by atoms with Crippen molar-refractivity contribution in [2.24, 2.45) is 7.05 Å². The van der Waals surface area contributed by atoms with Crippen molar-refractivity contribution in [2.45, 2.75) is 0 Å². The van der Waals surface area contributed by atoms with Crippen LogP contribution in [0.3, 0.4) is 0 Å². The van der Waals surface area contributed by atoms with Gasteiger partial charge < -0.3 is 9.12 Å². The Kier molecular flexibility index (Phi) is 2.47. The number of aryl methyl sites for hydroxylation is 1. The van der Waals surface area contributed by atoms with E-state index in [0.717, 1.165) is 0 Å². The van der Waals surface area contributed by atoms with Crippen LogP contribution in [0.1, 0.15) is 5.82 Å². The normalized spacial score (nSPS) is 15.0. The standard InChI is InChI=1S/C10H11FN2O2S/c1-13-9-5-7(11)3-4-8(9)12-10(13)6-16(2,14)15/h3-6H,1-2H3,(H,14,15). The number of hydrogen-bond donors (Lipinski definition) is 1. The Balaban J connectivity index is 2.75. The van der Waals surface area contributed by atoms with Crippen molar-refractivity contribution < 1.29 is 13.2 Å². The van der Waals surface area contributed by atoms with Gasteiger partial charge in [-0.1, -0.05) is 0 Å². The van der Waals surface area contributed by atoms with Crippen molar-refractivity contribution in [1.82, 2.24) is 9.55 Å². The van der Waals surface area contributed by atoms with E-state index in [-0.39, 0.29) is 5.82 Å². The number of imidazole rings is 1. The highest BCUT2D eigenvalue weighted by molar-refractivity contribution is 7.95. The molecule has 1 aromatic heterocycles. The molecule has 6 heteroatoms. The van der Waals surface area contributed by atoms with Gasteiger partial charge in [-0.15, -0.1) is 0 Å². The number of hydrogen-bond acceptors (Lipinski definition) is 2. The second-order valence-corrected chi connectivity index (χ2v) is 5.60. The van der Waals surface area contributed by atoms with E-state index in [1.807, 2.05) is 0 Å². The number of benzene rings is 1. The lowest BCUT2D eigenvalue weighted by Crippen LogP contribution is -2.04. The molecular formula is C10H11FN2O2S. The molecule has 2 aromatic rings. The average molecular weight is 242 g/mol. The molecule has 0 aliphatic heterocycles. The minimum atomic E-state index is -3.01. The van der Waals surface area contributed by atoms with Crippen LogP contribution in [0.5, 0.6) is 0 Å². The fourth-order valence-electron chi connectivity index (χ4n) is 1.48. The van der Waals surface area contributed by atoms with E-state index in [0.29, 0.717) is 16.9 Å². The van der Waals surface area contributed by atoms with E-state index in [1.165, 1.54) is 29.8 Å². The minimum absolute atomic E-state index is 0.357. The SMILES string of the molecule is Cn1c(C=S(C)(=O)O)nc2ccc(F)cc21. The van der Waals surface area contributed by atoms with E-state index < -0.39 is 9.80 Å². The van der Waals surface area contributed by atoms with Gasteiger partial charge in [0.05, 0.1) is 26.2 Å². The highest BCUT2D eigenvalue weighted by atomic mass is 32.2. The number of nitrogens with zero attached hydrogens (tertiary/aromatic N) is 2. The largest absolute Gasteiger partial charge is 0.327 e. The van der Waals surface area contributed by atoms with Crippen molar-refractivity contribution in [3.63, 3.8) is 0 Å². The molecule has 1 unspecified atom stereocenters. The highest BCUT2D eigenvalue weighted by Gasteiger charge is 2.07. The molecule has 0 spiro atoms. The molecule has 0 radical (unpaired) electrons. The van der Waals surface area contributed by atoms with Crippen LogP contribution in [0, 0.1) is 5.82 Å². The third-order valence-electron chi connectivity index (χ3n) is 2.20. The number of halogens is 1. The molecule has 86 valence electrons. The molecule has 0 saturated carbocycles. The predicted octanol–water partition coefficient (Wildman–Crippen LogP) is 1.25. The topological polar surface area (TPSA) is 55.1 Å². The molecule has 0 aliphatic carbocycles. The van der Waals surface area contributed by atoms with Gasteiger partial charge >= 0.3 is 0 Å². The Bertz CT molecular complexity index is 661. The molecule has 16 heavy (non-hydrogen) atoms. The van der Waals surface area contributed by atoms with Gasteiger partial charge in [0.15, 0.2) is 0 Å². The summed E-state index contributed by atoms with van der Waals surface area (Å²) in [6.45, 7) is 0. The fraction of sp³-hybridized carbons (Fsp3) is 0.200. The second-order valence-electron chi connectivity index (χ2n) is 3.64. The summed E-state index contributed by atoms with van der Waals surface area (Å²) in [4.78, 5) is 4.14. The first-order valence-electron chi connectivity index (χ1n) is 4.55. The van der Waals surface area contributed by atoms with Gasteiger partial charge in [0, 0.05) is 13.3 Å². The summed E-state index contributed by atoms with van der Waals surface area (Å²) in [6.07, 6.45) is 1.20. The first kappa shape index (κ1) is 11.1. The Morgan fingerprint density at radius 1 is 1.56 bits per heavy atom. The van der Waals surface area contributed by atoms with Crippen LogP contribution in [0.25, 0.3) is 11.0 Å². The number of fused-ring (bicyclic) bond motifs is 1. The van der Waals surface area contributed by atoms with Gasteiger partial charge in [-0.3, -0.25) is 0 Å². The van der Waals surface area contributed by atoms with Gasteiger partial charge in [0.1, 0.15) is 11.6 Å². The van der Waals surface area contributed by atoms with Crippen molar-refractivity contribution in [1.29, 1.82) is 0 Å². The molecule has 0 fully saturated rings. The molecule has 1 heterocycles. The van der Waals surface area contributed by atoms with Crippen LogP contribution in [0.15, 0.2) is 18.2 Å². The Morgan fingerprint density at radius 2 is 2.25 bits per heavy atom. The Morgan fingerprint density at radius 3 is 2.88 bits per heavy atom. The summed E-state index contributed by atoms with van der Waals surface area (Å²) in [5, 5.41) is 1.17. The Hall–Kier alpha value is -1.40. The summed E-state index contributed by atoms with van der Waals surface area (Å²) < 4.78 is 35.0. The summed E-state index contributed by atoms with van der Waals surface area (Å²) in [7, 11) is -1.34. The van der Waals surface area contributed by atoms with Gasteiger partial charge in [-0.2, -0.15) is 0 Å². The van der Waals surface area contributed by atoms with E-state index in [2.05, 4.69) is 4.98 Å². The van der Waals surface area contributed by atoms with E-state index in [1.54, 1.807) is 11.6 Å². The van der Waals surface area contributed by atoms with E-state index >= 15 is 0 Å². The molecule has 0 aliphatic rings. The zero-order valence-corrected chi connectivity index (χ0v) is 9.66. The van der Waals surface area contributed by atoms with Gasteiger partial charge in [-0.05, 0) is 18.2 Å². The lowest BCUT2D eigenvalue weighted by molar-refractivity contribution is 0.566. The number of aromatic nitrogens is 2. The lowest BCUT2D eigenvalue weighted by Gasteiger charge is -1.98. The molecule has 1 aromatic carbocycles. The van der Waals surface area contributed by atoms with Crippen LogP contribution in [0.4, 0.5) is 4.39 Å². The molecule has 4 nitrogen and oxygen atoms in total. The summed E-state index contributed by atoms with van der Waals surface area (Å²) >= 11 is 0. The molecular weight excluding hydrogens is 231 g/mol. The van der Waals surface area contributed by atoms with Gasteiger partial charge in [0.25, 0.3) is 0 Å². The monoisotopic (exact) mass is 242 g/mol. The zero-order valence-electron chi connectivity index (χ0n) is 8.85. The molecule has 0 amide bonds. The average Bonchev–Trinajstić information content (AvgIpc) is 2.42. The minimum Gasteiger partial charge on any atom is -0.327 e. The van der Waals surface area contributed by atoms with Crippen molar-refractivity contribution in [3.8, 4) is 0 Å². The lowest BCUT2D eigenvalue weighted by atomic mass is 10.3. The molecule has 0 bridgehead atoms. The van der Waals surface area contributed by atoms with Crippen LogP contribution in [-0.2, 0) is 16.9 Å². The van der Waals surface area contributed by atoms with Crippen molar-refractivity contribution in [3.05, 3.63) is 29.8 Å². The maximum Gasteiger partial charge on any atom is 0.143 e. The molecule has 1 N–H and O–H groups in total. The summed E-state index contributed by atoms with van der Waals surface area (Å²) in [5.41, 5.74) is 1.19. The van der Waals surface area contributed by atoms with Crippen LogP contribution < -0.4 is 0 Å². The predicted molar refractivity (Wildman–Crippen MR) is 62.5 cm³/mol. The van der Waals surface area contributed by atoms with Crippen LogP contribution >= 0.6 is 0 Å². The Labute approximate surface area is 92.6 Å². The fourth-order valence-corrected chi connectivity index (χ4v) is 2.08. The second kappa shape index (κ2) is 3.57. The van der Waals surface area contributed by atoms with E-state index in [9.17, 15) is 13.2 Å². The quantitative estimate of drug-likeness (QED) is 0.766. The van der Waals surface area contributed by atoms with Gasteiger partial charge in [0.2, 0.25) is 0 Å². The number of rotatable bonds is 1. The summed E-state index contributed by atoms with van der Waals surface area (Å²) in [5.74, 6) is -0.00104. The van der Waals surface area contributed by atoms with Crippen LogP contribution in [-0.4, -0.2) is 29.9 Å². The first-order chi connectivity index (χ1) is 7.37. The summed E-state index contributed by atoms with van der Waals surface area (Å²) in [6, 6.07) is 4.19. The molecule has 2 rings (SSSR count). The van der Waals surface area contributed by atoms with E-state index in [4.69, 9.17) is 0 Å². The zero-order chi connectivity index (χ0) is 11.9. The smallest absolute Gasteiger partial charge is 0.143 e. The van der Waals surface area contributed by atoms with Crippen molar-refractivity contribution in [2.75, 3.05) is 6.26 Å². The third kappa shape index (κ3) is 2.07. The molecule has 1 atom stereocenters. The maximum absolute atomic E-state index is 13.0. The first-order valence-corrected chi connectivity index (χ1v) is 6.54. The molecule has 0 saturated heterocycles. The van der Waals surface area contributed by atoms with Crippen LogP contribution in [0.2, 0.25) is 0 Å².